The molecule has 0 aromatic carbocycles. The first-order chi connectivity index (χ1) is 13.6. The second-order valence-electron chi connectivity index (χ2n) is 7.37. The molecule has 0 bridgehead atoms. The molecule has 0 aliphatic heterocycles. The van der Waals surface area contributed by atoms with Gasteiger partial charge >= 0.3 is 6.18 Å². The lowest BCUT2D eigenvalue weighted by molar-refractivity contribution is -0.154. The lowest BCUT2D eigenvalue weighted by Crippen LogP contribution is -2.49. The Bertz CT molecular complexity index is 716. The van der Waals surface area contributed by atoms with Crippen molar-refractivity contribution in [3.63, 3.8) is 0 Å². The molecular weight excluding hydrogens is 387 g/mol. The van der Waals surface area contributed by atoms with Crippen LogP contribution >= 0.6 is 0 Å². The van der Waals surface area contributed by atoms with Crippen LogP contribution in [0.4, 0.5) is 13.2 Å². The summed E-state index contributed by atoms with van der Waals surface area (Å²) in [5.74, 6) is 0.530. The Balaban J connectivity index is 1.91. The van der Waals surface area contributed by atoms with Gasteiger partial charge in [-0.1, -0.05) is 12.8 Å². The Morgan fingerprint density at radius 2 is 2.00 bits per heavy atom. The van der Waals surface area contributed by atoms with Gasteiger partial charge in [-0.2, -0.15) is 13.2 Å². The lowest BCUT2D eigenvalue weighted by Gasteiger charge is -2.31. The molecule has 2 N–H and O–H groups in total. The van der Waals surface area contributed by atoms with E-state index in [-0.39, 0.29) is 11.8 Å². The lowest BCUT2D eigenvalue weighted by atomic mass is 9.84. The van der Waals surface area contributed by atoms with E-state index in [4.69, 9.17) is 0 Å². The van der Waals surface area contributed by atoms with Gasteiger partial charge in [-0.15, -0.1) is 0 Å². The SMILES string of the molecule is CN=C(NCc1ccnc(OCC(F)(F)F)c1)NCC1(C(=O)N(C)C)CCCC1. The van der Waals surface area contributed by atoms with Crippen LogP contribution in [0.3, 0.4) is 0 Å². The van der Waals surface area contributed by atoms with Gasteiger partial charge < -0.3 is 20.3 Å². The normalized spacial score (nSPS) is 16.4. The predicted octanol–water partition coefficient (Wildman–Crippen LogP) is 2.34. The van der Waals surface area contributed by atoms with Gasteiger partial charge in [-0.3, -0.25) is 9.79 Å². The average molecular weight is 415 g/mol. The summed E-state index contributed by atoms with van der Waals surface area (Å²) in [6.45, 7) is -0.596. The zero-order valence-electron chi connectivity index (χ0n) is 17.0. The molecule has 0 radical (unpaired) electrons. The van der Waals surface area contributed by atoms with Crippen LogP contribution in [-0.4, -0.2) is 62.2 Å². The Morgan fingerprint density at radius 1 is 1.31 bits per heavy atom. The number of halogens is 3. The smallest absolute Gasteiger partial charge is 0.422 e. The molecule has 2 rings (SSSR count). The quantitative estimate of drug-likeness (QED) is 0.528. The van der Waals surface area contributed by atoms with Crippen LogP contribution in [0.1, 0.15) is 31.2 Å². The molecule has 0 saturated heterocycles. The number of hydrogen-bond acceptors (Lipinski definition) is 4. The van der Waals surface area contributed by atoms with Crippen molar-refractivity contribution in [3.05, 3.63) is 23.9 Å². The van der Waals surface area contributed by atoms with E-state index in [1.807, 2.05) is 0 Å². The highest BCUT2D eigenvalue weighted by Crippen LogP contribution is 2.38. The number of hydrogen-bond donors (Lipinski definition) is 2. The highest BCUT2D eigenvalue weighted by Gasteiger charge is 2.42. The van der Waals surface area contributed by atoms with Crippen LogP contribution < -0.4 is 15.4 Å². The predicted molar refractivity (Wildman–Crippen MR) is 104 cm³/mol. The monoisotopic (exact) mass is 415 g/mol. The fraction of sp³-hybridized carbons (Fsp3) is 0.632. The van der Waals surface area contributed by atoms with E-state index < -0.39 is 18.2 Å². The molecule has 0 atom stereocenters. The van der Waals surface area contributed by atoms with Crippen LogP contribution in [0.15, 0.2) is 23.3 Å². The number of carbonyl (C=O) groups is 1. The van der Waals surface area contributed by atoms with Crippen molar-refractivity contribution in [2.24, 2.45) is 10.4 Å². The van der Waals surface area contributed by atoms with Crippen molar-refractivity contribution in [3.8, 4) is 5.88 Å². The largest absolute Gasteiger partial charge is 0.468 e. The van der Waals surface area contributed by atoms with Crippen molar-refractivity contribution in [2.45, 2.75) is 38.4 Å². The van der Waals surface area contributed by atoms with Crippen molar-refractivity contribution in [1.82, 2.24) is 20.5 Å². The molecule has 0 unspecified atom stereocenters. The Labute approximate surface area is 168 Å². The molecule has 1 aliphatic carbocycles. The van der Waals surface area contributed by atoms with Crippen molar-refractivity contribution in [2.75, 3.05) is 34.3 Å². The molecule has 1 heterocycles. The van der Waals surface area contributed by atoms with Crippen LogP contribution in [0, 0.1) is 5.41 Å². The van der Waals surface area contributed by atoms with Gasteiger partial charge in [0.15, 0.2) is 12.6 Å². The molecule has 1 saturated carbocycles. The van der Waals surface area contributed by atoms with E-state index in [1.165, 1.54) is 12.3 Å². The molecule has 10 heteroatoms. The van der Waals surface area contributed by atoms with E-state index in [0.717, 1.165) is 25.7 Å². The number of alkyl halides is 3. The van der Waals surface area contributed by atoms with Crippen molar-refractivity contribution >= 4 is 11.9 Å². The molecule has 1 fully saturated rings. The molecule has 1 aromatic rings. The third kappa shape index (κ3) is 6.79. The minimum Gasteiger partial charge on any atom is -0.468 e. The van der Waals surface area contributed by atoms with E-state index in [9.17, 15) is 18.0 Å². The first-order valence-electron chi connectivity index (χ1n) is 9.46. The number of amides is 1. The Morgan fingerprint density at radius 3 is 2.59 bits per heavy atom. The fourth-order valence-corrected chi connectivity index (χ4v) is 3.45. The van der Waals surface area contributed by atoms with Gasteiger partial charge in [0.25, 0.3) is 0 Å². The topological polar surface area (TPSA) is 78.9 Å². The molecule has 7 nitrogen and oxygen atoms in total. The Hall–Kier alpha value is -2.52. The van der Waals surface area contributed by atoms with Gasteiger partial charge in [-0.25, -0.2) is 4.98 Å². The number of carbonyl (C=O) groups excluding carboxylic acids is 1. The van der Waals surface area contributed by atoms with E-state index in [1.54, 1.807) is 32.1 Å². The number of nitrogens with zero attached hydrogens (tertiary/aromatic N) is 3. The molecular formula is C19H28F3N5O2. The number of nitrogens with one attached hydrogen (secondary N) is 2. The minimum absolute atomic E-state index is 0.0916. The molecule has 162 valence electrons. The van der Waals surface area contributed by atoms with Crippen LogP contribution in [-0.2, 0) is 11.3 Å². The summed E-state index contributed by atoms with van der Waals surface area (Å²) in [5, 5.41) is 6.32. The number of rotatable bonds is 7. The van der Waals surface area contributed by atoms with Crippen LogP contribution in [0.2, 0.25) is 0 Å². The highest BCUT2D eigenvalue weighted by molar-refractivity contribution is 5.85. The maximum absolute atomic E-state index is 12.6. The number of aromatic nitrogens is 1. The van der Waals surface area contributed by atoms with E-state index in [2.05, 4.69) is 25.3 Å². The fourth-order valence-electron chi connectivity index (χ4n) is 3.45. The number of aliphatic imine (C=N–C) groups is 1. The van der Waals surface area contributed by atoms with Crippen molar-refractivity contribution < 1.29 is 22.7 Å². The number of ether oxygens (including phenoxy) is 1. The zero-order valence-corrected chi connectivity index (χ0v) is 17.0. The summed E-state index contributed by atoms with van der Waals surface area (Å²) in [5.41, 5.74) is 0.260. The Kier molecular flexibility index (Phi) is 7.69. The highest BCUT2D eigenvalue weighted by atomic mass is 19.4. The average Bonchev–Trinajstić information content (AvgIpc) is 3.15. The summed E-state index contributed by atoms with van der Waals surface area (Å²) in [6.07, 6.45) is 0.677. The summed E-state index contributed by atoms with van der Waals surface area (Å²) in [7, 11) is 5.14. The van der Waals surface area contributed by atoms with Gasteiger partial charge in [0, 0.05) is 46.5 Å². The third-order valence-corrected chi connectivity index (χ3v) is 4.88. The first-order valence-corrected chi connectivity index (χ1v) is 9.46. The van der Waals surface area contributed by atoms with E-state index in [0.29, 0.717) is 24.6 Å². The molecule has 1 aromatic heterocycles. The van der Waals surface area contributed by atoms with Gasteiger partial charge in [0.05, 0.1) is 5.41 Å². The summed E-state index contributed by atoms with van der Waals surface area (Å²) in [6, 6.07) is 3.12. The number of pyridine rings is 1. The molecule has 1 aliphatic rings. The molecule has 1 amide bonds. The first kappa shape index (κ1) is 22.8. The maximum Gasteiger partial charge on any atom is 0.422 e. The van der Waals surface area contributed by atoms with Crippen LogP contribution in [0.25, 0.3) is 0 Å². The third-order valence-electron chi connectivity index (χ3n) is 4.88. The molecule has 0 spiro atoms. The van der Waals surface area contributed by atoms with Gasteiger partial charge in [0.2, 0.25) is 11.8 Å². The van der Waals surface area contributed by atoms with Gasteiger partial charge in [0.1, 0.15) is 0 Å². The van der Waals surface area contributed by atoms with Crippen molar-refractivity contribution in [1.29, 1.82) is 0 Å². The number of guanidine groups is 1. The molecule has 29 heavy (non-hydrogen) atoms. The van der Waals surface area contributed by atoms with E-state index >= 15 is 0 Å². The van der Waals surface area contributed by atoms with Crippen LogP contribution in [0.5, 0.6) is 5.88 Å². The zero-order chi connectivity index (χ0) is 21.5. The minimum atomic E-state index is -4.41. The second kappa shape index (κ2) is 9.80. The summed E-state index contributed by atoms with van der Waals surface area (Å²) < 4.78 is 41.5. The standard InChI is InChI=1S/C19H28F3N5O2/c1-23-17(26-12-18(7-4-5-8-18)16(28)27(2)3)25-11-14-6-9-24-15(10-14)29-13-19(20,21)22/h6,9-10H,4-5,7-8,11-13H2,1-3H3,(H2,23,25,26). The maximum atomic E-state index is 12.6. The summed E-state index contributed by atoms with van der Waals surface area (Å²) in [4.78, 5) is 22.2. The second-order valence-corrected chi connectivity index (χ2v) is 7.37. The van der Waals surface area contributed by atoms with Gasteiger partial charge in [-0.05, 0) is 24.5 Å². The summed E-state index contributed by atoms with van der Waals surface area (Å²) >= 11 is 0.